The lowest BCUT2D eigenvalue weighted by Crippen LogP contribution is -1.95. The monoisotopic (exact) mass is 291 g/mol. The van der Waals surface area contributed by atoms with E-state index in [2.05, 4.69) is 37.0 Å². The summed E-state index contributed by atoms with van der Waals surface area (Å²) in [5.41, 5.74) is 1.48. The van der Waals surface area contributed by atoms with Crippen molar-refractivity contribution in [2.24, 2.45) is 5.16 Å². The van der Waals surface area contributed by atoms with Crippen LogP contribution in [0.1, 0.15) is 12.5 Å². The first-order valence-electron chi connectivity index (χ1n) is 3.29. The second-order valence-electron chi connectivity index (χ2n) is 2.31. The number of hydrogen-bond acceptors (Lipinski definition) is 2. The summed E-state index contributed by atoms with van der Waals surface area (Å²) >= 11 is 6.70. The maximum absolute atomic E-state index is 8.54. The first kappa shape index (κ1) is 9.74. The molecule has 0 heterocycles. The third-order valence-electron chi connectivity index (χ3n) is 1.47. The van der Waals surface area contributed by atoms with E-state index >= 15 is 0 Å². The van der Waals surface area contributed by atoms with E-state index < -0.39 is 0 Å². The third kappa shape index (κ3) is 2.08. The van der Waals surface area contributed by atoms with Gasteiger partial charge in [0.25, 0.3) is 0 Å². The van der Waals surface area contributed by atoms with Crippen molar-refractivity contribution in [3.8, 4) is 0 Å². The van der Waals surface area contributed by atoms with Crippen molar-refractivity contribution in [1.29, 1.82) is 0 Å². The van der Waals surface area contributed by atoms with Crippen LogP contribution >= 0.6 is 31.9 Å². The SMILES string of the molecule is CC(=NO)c1ccc(Br)cc1Br. The molecule has 1 N–H and O–H groups in total. The molecule has 0 aliphatic rings. The molecular weight excluding hydrogens is 286 g/mol. The van der Waals surface area contributed by atoms with Gasteiger partial charge in [-0.05, 0) is 19.1 Å². The normalized spacial score (nSPS) is 11.8. The Bertz CT molecular complexity index is 323. The molecule has 1 rings (SSSR count). The van der Waals surface area contributed by atoms with E-state index in [0.717, 1.165) is 14.5 Å². The Morgan fingerprint density at radius 2 is 2.08 bits per heavy atom. The molecule has 0 aliphatic heterocycles. The Balaban J connectivity index is 3.18. The van der Waals surface area contributed by atoms with E-state index in [4.69, 9.17) is 5.21 Å². The largest absolute Gasteiger partial charge is 0.411 e. The van der Waals surface area contributed by atoms with E-state index in [0.29, 0.717) is 5.71 Å². The van der Waals surface area contributed by atoms with E-state index in [-0.39, 0.29) is 0 Å². The molecule has 1 aromatic carbocycles. The lowest BCUT2D eigenvalue weighted by atomic mass is 10.1. The second-order valence-corrected chi connectivity index (χ2v) is 4.08. The Labute approximate surface area is 87.5 Å². The molecule has 0 radical (unpaired) electrons. The predicted octanol–water partition coefficient (Wildman–Crippen LogP) is 3.41. The minimum Gasteiger partial charge on any atom is -0.411 e. The highest BCUT2D eigenvalue weighted by Gasteiger charge is 2.03. The maximum Gasteiger partial charge on any atom is 0.0848 e. The molecule has 0 spiro atoms. The van der Waals surface area contributed by atoms with Gasteiger partial charge in [-0.3, -0.25) is 0 Å². The van der Waals surface area contributed by atoms with Crippen molar-refractivity contribution in [2.75, 3.05) is 0 Å². The molecule has 0 saturated heterocycles. The van der Waals surface area contributed by atoms with E-state index in [1.54, 1.807) is 6.92 Å². The van der Waals surface area contributed by atoms with Crippen LogP contribution in [0.2, 0.25) is 0 Å². The van der Waals surface area contributed by atoms with Crippen molar-refractivity contribution < 1.29 is 5.21 Å². The maximum atomic E-state index is 8.54. The van der Waals surface area contributed by atoms with E-state index in [9.17, 15) is 0 Å². The highest BCUT2D eigenvalue weighted by atomic mass is 79.9. The Morgan fingerprint density at radius 1 is 1.42 bits per heavy atom. The highest BCUT2D eigenvalue weighted by molar-refractivity contribution is 9.11. The van der Waals surface area contributed by atoms with Gasteiger partial charge in [0.05, 0.1) is 5.71 Å². The molecule has 1 aromatic rings. The average molecular weight is 293 g/mol. The molecule has 2 nitrogen and oxygen atoms in total. The summed E-state index contributed by atoms with van der Waals surface area (Å²) in [6.45, 7) is 1.74. The summed E-state index contributed by atoms with van der Waals surface area (Å²) in [4.78, 5) is 0. The zero-order valence-corrected chi connectivity index (χ0v) is 9.55. The van der Waals surface area contributed by atoms with Gasteiger partial charge in [0.15, 0.2) is 0 Å². The van der Waals surface area contributed by atoms with Crippen LogP contribution < -0.4 is 0 Å². The standard InChI is InChI=1S/C8H7Br2NO/c1-5(11-12)7-3-2-6(9)4-8(7)10/h2-4,12H,1H3. The molecule has 4 heteroatoms. The molecule has 0 unspecified atom stereocenters. The van der Waals surface area contributed by atoms with Crippen LogP contribution in [-0.2, 0) is 0 Å². The van der Waals surface area contributed by atoms with Crippen LogP contribution in [0.3, 0.4) is 0 Å². The smallest absolute Gasteiger partial charge is 0.0848 e. The molecule has 0 saturated carbocycles. The minimum atomic E-state index is 0.592. The summed E-state index contributed by atoms with van der Waals surface area (Å²) < 4.78 is 1.90. The molecular formula is C8H7Br2NO. The van der Waals surface area contributed by atoms with Crippen LogP contribution in [0.25, 0.3) is 0 Å². The molecule has 0 bridgehead atoms. The number of rotatable bonds is 1. The summed E-state index contributed by atoms with van der Waals surface area (Å²) in [5.74, 6) is 0. The van der Waals surface area contributed by atoms with Gasteiger partial charge in [0.1, 0.15) is 0 Å². The van der Waals surface area contributed by atoms with Crippen LogP contribution in [0.15, 0.2) is 32.3 Å². The number of nitrogens with zero attached hydrogens (tertiary/aromatic N) is 1. The zero-order chi connectivity index (χ0) is 9.14. The van der Waals surface area contributed by atoms with Gasteiger partial charge in [-0.1, -0.05) is 43.1 Å². The molecule has 64 valence electrons. The van der Waals surface area contributed by atoms with Crippen molar-refractivity contribution in [3.63, 3.8) is 0 Å². The topological polar surface area (TPSA) is 32.6 Å². The van der Waals surface area contributed by atoms with Crippen molar-refractivity contribution in [1.82, 2.24) is 0 Å². The lowest BCUT2D eigenvalue weighted by Gasteiger charge is -2.01. The van der Waals surface area contributed by atoms with Crippen LogP contribution in [-0.4, -0.2) is 10.9 Å². The highest BCUT2D eigenvalue weighted by Crippen LogP contribution is 2.22. The molecule has 0 fully saturated rings. The fourth-order valence-electron chi connectivity index (χ4n) is 0.837. The van der Waals surface area contributed by atoms with Gasteiger partial charge in [0.2, 0.25) is 0 Å². The van der Waals surface area contributed by atoms with Crippen molar-refractivity contribution in [2.45, 2.75) is 6.92 Å². The minimum absolute atomic E-state index is 0.592. The van der Waals surface area contributed by atoms with Crippen LogP contribution in [0.5, 0.6) is 0 Å². The average Bonchev–Trinajstić information content (AvgIpc) is 2.03. The zero-order valence-electron chi connectivity index (χ0n) is 6.38. The molecule has 0 amide bonds. The molecule has 0 atom stereocenters. The summed E-state index contributed by atoms with van der Waals surface area (Å²) in [7, 11) is 0. The fourth-order valence-corrected chi connectivity index (χ4v) is 2.17. The van der Waals surface area contributed by atoms with Gasteiger partial charge in [-0.15, -0.1) is 0 Å². The quantitative estimate of drug-likeness (QED) is 0.480. The fraction of sp³-hybridized carbons (Fsp3) is 0.125. The van der Waals surface area contributed by atoms with E-state index in [1.165, 1.54) is 0 Å². The Kier molecular flexibility index (Phi) is 3.29. The Hall–Kier alpha value is -0.350. The van der Waals surface area contributed by atoms with Gasteiger partial charge in [-0.25, -0.2) is 0 Å². The summed E-state index contributed by atoms with van der Waals surface area (Å²) in [6.07, 6.45) is 0. The van der Waals surface area contributed by atoms with Crippen LogP contribution in [0, 0.1) is 0 Å². The number of benzene rings is 1. The van der Waals surface area contributed by atoms with Crippen LogP contribution in [0.4, 0.5) is 0 Å². The van der Waals surface area contributed by atoms with Gasteiger partial charge < -0.3 is 5.21 Å². The molecule has 12 heavy (non-hydrogen) atoms. The molecule has 0 aromatic heterocycles. The first-order chi connectivity index (χ1) is 5.65. The predicted molar refractivity (Wildman–Crippen MR) is 55.8 cm³/mol. The van der Waals surface area contributed by atoms with Gasteiger partial charge in [0, 0.05) is 14.5 Å². The number of halogens is 2. The van der Waals surface area contributed by atoms with Gasteiger partial charge >= 0.3 is 0 Å². The lowest BCUT2D eigenvalue weighted by molar-refractivity contribution is 0.319. The summed E-state index contributed by atoms with van der Waals surface area (Å²) in [6, 6.07) is 5.68. The second kappa shape index (κ2) is 4.05. The Morgan fingerprint density at radius 3 is 2.58 bits per heavy atom. The van der Waals surface area contributed by atoms with E-state index in [1.807, 2.05) is 18.2 Å². The number of hydrogen-bond donors (Lipinski definition) is 1. The van der Waals surface area contributed by atoms with Crippen molar-refractivity contribution >= 4 is 37.6 Å². The van der Waals surface area contributed by atoms with Gasteiger partial charge in [-0.2, -0.15) is 0 Å². The number of oxime groups is 1. The van der Waals surface area contributed by atoms with Crippen molar-refractivity contribution in [3.05, 3.63) is 32.7 Å². The first-order valence-corrected chi connectivity index (χ1v) is 4.88. The third-order valence-corrected chi connectivity index (χ3v) is 2.62. The molecule has 0 aliphatic carbocycles. The summed E-state index contributed by atoms with van der Waals surface area (Å²) in [5, 5.41) is 11.7.